The van der Waals surface area contributed by atoms with Gasteiger partial charge in [0, 0.05) is 24.9 Å². The van der Waals surface area contributed by atoms with Crippen LogP contribution in [0, 0.1) is 40.5 Å². The molecule has 0 aliphatic carbocycles. The van der Waals surface area contributed by atoms with Crippen LogP contribution in [0.25, 0.3) is 16.8 Å². The summed E-state index contributed by atoms with van der Waals surface area (Å²) in [4.78, 5) is 7.68. The molecular formula is C27H38N4O. The molecule has 0 spiro atoms. The summed E-state index contributed by atoms with van der Waals surface area (Å²) in [6.07, 6.45) is 3.26. The summed E-state index contributed by atoms with van der Waals surface area (Å²) in [5.41, 5.74) is 10.8. The van der Waals surface area contributed by atoms with Crippen molar-refractivity contribution in [2.24, 2.45) is 5.92 Å². The van der Waals surface area contributed by atoms with Crippen LogP contribution in [0.15, 0.2) is 12.1 Å². The van der Waals surface area contributed by atoms with Crippen LogP contribution in [0.5, 0.6) is 0 Å². The van der Waals surface area contributed by atoms with Gasteiger partial charge in [-0.25, -0.2) is 4.98 Å². The molecule has 0 saturated heterocycles. The second-order valence-corrected chi connectivity index (χ2v) is 9.99. The van der Waals surface area contributed by atoms with Crippen LogP contribution in [0.4, 0.5) is 5.82 Å². The maximum absolute atomic E-state index is 5.63. The first-order valence-corrected chi connectivity index (χ1v) is 12.0. The number of rotatable bonds is 6. The van der Waals surface area contributed by atoms with Crippen molar-refractivity contribution >= 4 is 11.5 Å². The van der Waals surface area contributed by atoms with E-state index < -0.39 is 0 Å². The van der Waals surface area contributed by atoms with Gasteiger partial charge in [-0.2, -0.15) is 9.61 Å². The number of methoxy groups -OCH3 is 1. The Balaban J connectivity index is 1.97. The van der Waals surface area contributed by atoms with E-state index in [9.17, 15) is 0 Å². The standard InChI is InChI=1S/C27H38N4O/c1-16(2)11-12-30-22(15-32-8)9-10-23-20(6)28-26-25(21(7)29-31(26)27(23)30)24-18(4)13-17(3)14-19(24)5/h13-14,16,22H,9-12,15H2,1-8H3. The summed E-state index contributed by atoms with van der Waals surface area (Å²) in [6, 6.07) is 4.90. The Hall–Kier alpha value is -2.40. The number of aryl methyl sites for hydroxylation is 5. The minimum absolute atomic E-state index is 0.368. The van der Waals surface area contributed by atoms with Crippen molar-refractivity contribution in [1.29, 1.82) is 0 Å². The fourth-order valence-electron chi connectivity index (χ4n) is 5.43. The lowest BCUT2D eigenvalue weighted by molar-refractivity contribution is 0.170. The molecule has 5 heteroatoms. The van der Waals surface area contributed by atoms with Crippen molar-refractivity contribution < 1.29 is 4.74 Å². The Kier molecular flexibility index (Phi) is 6.30. The molecule has 1 aliphatic heterocycles. The molecule has 0 amide bonds. The van der Waals surface area contributed by atoms with Crippen LogP contribution >= 0.6 is 0 Å². The lowest BCUT2D eigenvalue weighted by Gasteiger charge is -2.39. The van der Waals surface area contributed by atoms with E-state index in [1.807, 2.05) is 7.11 Å². The van der Waals surface area contributed by atoms with E-state index in [1.54, 1.807) is 0 Å². The van der Waals surface area contributed by atoms with E-state index in [4.69, 9.17) is 14.8 Å². The summed E-state index contributed by atoms with van der Waals surface area (Å²) in [5, 5.41) is 5.09. The minimum Gasteiger partial charge on any atom is -0.383 e. The van der Waals surface area contributed by atoms with Gasteiger partial charge in [0.2, 0.25) is 0 Å². The topological polar surface area (TPSA) is 42.7 Å². The van der Waals surface area contributed by atoms with Gasteiger partial charge in [0.1, 0.15) is 5.82 Å². The third-order valence-electron chi connectivity index (χ3n) is 6.89. The Morgan fingerprint density at radius 3 is 2.34 bits per heavy atom. The maximum Gasteiger partial charge on any atom is 0.165 e. The van der Waals surface area contributed by atoms with Gasteiger partial charge in [-0.1, -0.05) is 31.5 Å². The summed E-state index contributed by atoms with van der Waals surface area (Å²) < 4.78 is 7.76. The van der Waals surface area contributed by atoms with Crippen LogP contribution in [0.2, 0.25) is 0 Å². The fraction of sp³-hybridized carbons (Fsp3) is 0.556. The van der Waals surface area contributed by atoms with Crippen LogP contribution in [0.1, 0.15) is 60.3 Å². The number of fused-ring (bicyclic) bond motifs is 3. The highest BCUT2D eigenvalue weighted by Crippen LogP contribution is 2.39. The highest BCUT2D eigenvalue weighted by atomic mass is 16.5. The second-order valence-electron chi connectivity index (χ2n) is 9.99. The molecule has 0 bridgehead atoms. The molecule has 4 rings (SSSR count). The average Bonchev–Trinajstić information content (AvgIpc) is 3.02. The molecule has 5 nitrogen and oxygen atoms in total. The van der Waals surface area contributed by atoms with Crippen molar-refractivity contribution in [2.75, 3.05) is 25.2 Å². The lowest BCUT2D eigenvalue weighted by atomic mass is 9.93. The molecule has 1 aromatic carbocycles. The fourth-order valence-corrected chi connectivity index (χ4v) is 5.43. The first kappa shape index (κ1) is 22.8. The Morgan fingerprint density at radius 1 is 1.03 bits per heavy atom. The molecule has 3 heterocycles. The predicted octanol–water partition coefficient (Wildman–Crippen LogP) is 5.75. The first-order valence-electron chi connectivity index (χ1n) is 12.0. The summed E-state index contributed by atoms with van der Waals surface area (Å²) in [6.45, 7) is 17.2. The lowest BCUT2D eigenvalue weighted by Crippen LogP contribution is -2.44. The molecule has 2 aromatic heterocycles. The number of aromatic nitrogens is 3. The van der Waals surface area contributed by atoms with Gasteiger partial charge in [0.05, 0.1) is 23.9 Å². The molecule has 0 N–H and O–H groups in total. The van der Waals surface area contributed by atoms with Crippen molar-refractivity contribution in [3.8, 4) is 11.1 Å². The maximum atomic E-state index is 5.63. The highest BCUT2D eigenvalue weighted by Gasteiger charge is 2.32. The zero-order valence-electron chi connectivity index (χ0n) is 21.0. The molecule has 1 atom stereocenters. The Bertz CT molecular complexity index is 1120. The molecule has 0 fully saturated rings. The average molecular weight is 435 g/mol. The van der Waals surface area contributed by atoms with E-state index in [0.29, 0.717) is 12.0 Å². The van der Waals surface area contributed by atoms with Gasteiger partial charge in [0.15, 0.2) is 5.65 Å². The van der Waals surface area contributed by atoms with Crippen molar-refractivity contribution in [3.05, 3.63) is 45.8 Å². The number of anilines is 1. The summed E-state index contributed by atoms with van der Waals surface area (Å²) >= 11 is 0. The van der Waals surface area contributed by atoms with Gasteiger partial charge >= 0.3 is 0 Å². The van der Waals surface area contributed by atoms with E-state index in [-0.39, 0.29) is 0 Å². The summed E-state index contributed by atoms with van der Waals surface area (Å²) in [5.74, 6) is 1.87. The molecule has 32 heavy (non-hydrogen) atoms. The Morgan fingerprint density at radius 2 is 1.72 bits per heavy atom. The molecular weight excluding hydrogens is 396 g/mol. The molecule has 0 radical (unpaired) electrons. The number of hydrogen-bond acceptors (Lipinski definition) is 4. The number of hydrogen-bond donors (Lipinski definition) is 0. The van der Waals surface area contributed by atoms with E-state index in [0.717, 1.165) is 49.4 Å². The monoisotopic (exact) mass is 434 g/mol. The molecule has 3 aromatic rings. The number of benzene rings is 1. The first-order chi connectivity index (χ1) is 15.2. The Labute approximate surface area is 192 Å². The van der Waals surface area contributed by atoms with Gasteiger partial charge < -0.3 is 9.64 Å². The zero-order valence-corrected chi connectivity index (χ0v) is 21.0. The quantitative estimate of drug-likeness (QED) is 0.495. The van der Waals surface area contributed by atoms with Crippen LogP contribution in [-0.4, -0.2) is 40.9 Å². The van der Waals surface area contributed by atoms with Crippen molar-refractivity contribution in [3.63, 3.8) is 0 Å². The zero-order chi connectivity index (χ0) is 23.2. The SMILES string of the molecule is COCC1CCc2c(C)nc3c(-c4c(C)cc(C)cc4C)c(C)nn3c2N1CCC(C)C. The molecule has 0 saturated carbocycles. The molecule has 1 aliphatic rings. The van der Waals surface area contributed by atoms with Crippen molar-refractivity contribution in [1.82, 2.24) is 14.6 Å². The van der Waals surface area contributed by atoms with E-state index >= 15 is 0 Å². The molecule has 1 unspecified atom stereocenters. The van der Waals surface area contributed by atoms with Gasteiger partial charge in [-0.3, -0.25) is 0 Å². The highest BCUT2D eigenvalue weighted by molar-refractivity contribution is 5.85. The molecule has 172 valence electrons. The van der Waals surface area contributed by atoms with Crippen LogP contribution < -0.4 is 4.90 Å². The predicted molar refractivity (Wildman–Crippen MR) is 133 cm³/mol. The third kappa shape index (κ3) is 3.92. The number of ether oxygens (including phenoxy) is 1. The van der Waals surface area contributed by atoms with E-state index in [2.05, 4.69) is 70.0 Å². The minimum atomic E-state index is 0.368. The second kappa shape index (κ2) is 8.86. The van der Waals surface area contributed by atoms with Crippen LogP contribution in [-0.2, 0) is 11.2 Å². The van der Waals surface area contributed by atoms with E-state index in [1.165, 1.54) is 39.2 Å². The van der Waals surface area contributed by atoms with Gasteiger partial charge in [-0.05, 0) is 76.5 Å². The normalized spacial score (nSPS) is 16.3. The van der Waals surface area contributed by atoms with Gasteiger partial charge in [-0.15, -0.1) is 0 Å². The third-order valence-corrected chi connectivity index (χ3v) is 6.89. The van der Waals surface area contributed by atoms with Gasteiger partial charge in [0.25, 0.3) is 0 Å². The summed E-state index contributed by atoms with van der Waals surface area (Å²) in [7, 11) is 1.81. The van der Waals surface area contributed by atoms with Crippen molar-refractivity contribution in [2.45, 2.75) is 73.8 Å². The smallest absolute Gasteiger partial charge is 0.165 e. The largest absolute Gasteiger partial charge is 0.383 e. The number of nitrogens with zero attached hydrogens (tertiary/aromatic N) is 4. The van der Waals surface area contributed by atoms with Crippen LogP contribution in [0.3, 0.4) is 0 Å².